The van der Waals surface area contributed by atoms with Crippen LogP contribution in [0, 0.1) is 5.82 Å². The maximum absolute atomic E-state index is 14.1. The molecule has 1 aromatic carbocycles. The monoisotopic (exact) mass is 326 g/mol. The summed E-state index contributed by atoms with van der Waals surface area (Å²) in [4.78, 5) is 27.4. The number of pyridine rings is 1. The summed E-state index contributed by atoms with van der Waals surface area (Å²) in [6.07, 6.45) is 6.42. The van der Waals surface area contributed by atoms with Crippen molar-refractivity contribution in [3.63, 3.8) is 0 Å². The number of imidazole rings is 1. The lowest BCUT2D eigenvalue weighted by Gasteiger charge is -2.09. The van der Waals surface area contributed by atoms with Crippen molar-refractivity contribution in [2.75, 3.05) is 5.32 Å². The Balaban J connectivity index is 1.63. The van der Waals surface area contributed by atoms with Gasteiger partial charge in [-0.2, -0.15) is 0 Å². The van der Waals surface area contributed by atoms with Crippen LogP contribution < -0.4 is 10.9 Å². The molecule has 3 rings (SSSR count). The molecule has 0 aliphatic carbocycles. The molecular formula is C17H15FN4O2. The fraction of sp³-hybridized carbons (Fsp3) is 0.118. The number of anilines is 1. The van der Waals surface area contributed by atoms with E-state index in [0.29, 0.717) is 11.4 Å². The molecule has 0 atom stereocenters. The van der Waals surface area contributed by atoms with Gasteiger partial charge in [0.1, 0.15) is 5.82 Å². The second kappa shape index (κ2) is 6.91. The molecule has 0 saturated heterocycles. The van der Waals surface area contributed by atoms with Crippen LogP contribution in [0.5, 0.6) is 0 Å². The van der Waals surface area contributed by atoms with E-state index in [1.807, 2.05) is 0 Å². The number of rotatable bonds is 5. The van der Waals surface area contributed by atoms with Gasteiger partial charge in [0.15, 0.2) is 0 Å². The third-order valence-corrected chi connectivity index (χ3v) is 3.49. The molecule has 1 N–H and O–H groups in total. The molecule has 122 valence electrons. The van der Waals surface area contributed by atoms with Crippen LogP contribution in [-0.4, -0.2) is 20.0 Å². The van der Waals surface area contributed by atoms with E-state index in [0.717, 1.165) is 0 Å². The molecule has 2 aromatic heterocycles. The molecule has 2 heterocycles. The molecule has 7 heteroatoms. The van der Waals surface area contributed by atoms with Gasteiger partial charge in [-0.05, 0) is 24.3 Å². The Morgan fingerprint density at radius 2 is 2.08 bits per heavy atom. The molecule has 0 aliphatic rings. The Morgan fingerprint density at radius 1 is 1.21 bits per heavy atom. The van der Waals surface area contributed by atoms with Gasteiger partial charge < -0.3 is 14.5 Å². The minimum absolute atomic E-state index is 0.120. The highest BCUT2D eigenvalue weighted by molar-refractivity contribution is 5.90. The smallest absolute Gasteiger partial charge is 0.250 e. The zero-order chi connectivity index (χ0) is 16.9. The molecule has 1 amide bonds. The van der Waals surface area contributed by atoms with Crippen molar-refractivity contribution < 1.29 is 9.18 Å². The number of aryl methyl sites for hydroxylation is 1. The highest BCUT2D eigenvalue weighted by Crippen LogP contribution is 2.18. The van der Waals surface area contributed by atoms with Gasteiger partial charge in [0.25, 0.3) is 5.56 Å². The number of carbonyl (C=O) groups excluding carboxylic acids is 1. The Bertz CT molecular complexity index is 903. The van der Waals surface area contributed by atoms with E-state index < -0.39 is 5.82 Å². The van der Waals surface area contributed by atoms with Crippen molar-refractivity contribution in [2.24, 2.45) is 0 Å². The normalized spacial score (nSPS) is 10.5. The lowest BCUT2D eigenvalue weighted by Crippen LogP contribution is -2.21. The predicted molar refractivity (Wildman–Crippen MR) is 87.5 cm³/mol. The van der Waals surface area contributed by atoms with Gasteiger partial charge in [0.2, 0.25) is 5.91 Å². The van der Waals surface area contributed by atoms with Crippen LogP contribution in [0.25, 0.3) is 5.69 Å². The molecule has 0 fully saturated rings. The van der Waals surface area contributed by atoms with Crippen LogP contribution in [0.4, 0.5) is 10.1 Å². The second-order valence-electron chi connectivity index (χ2n) is 5.17. The van der Waals surface area contributed by atoms with Gasteiger partial charge in [-0.25, -0.2) is 9.37 Å². The van der Waals surface area contributed by atoms with Gasteiger partial charge >= 0.3 is 0 Å². The van der Waals surface area contributed by atoms with Crippen molar-refractivity contribution in [1.29, 1.82) is 0 Å². The molecule has 0 radical (unpaired) electrons. The van der Waals surface area contributed by atoms with E-state index in [1.54, 1.807) is 47.4 Å². The summed E-state index contributed by atoms with van der Waals surface area (Å²) >= 11 is 0. The molecule has 0 unspecified atom stereocenters. The number of benzene rings is 1. The van der Waals surface area contributed by atoms with E-state index in [-0.39, 0.29) is 24.4 Å². The number of hydrogen-bond acceptors (Lipinski definition) is 3. The fourth-order valence-electron chi connectivity index (χ4n) is 2.29. The van der Waals surface area contributed by atoms with Crippen LogP contribution >= 0.6 is 0 Å². The summed E-state index contributed by atoms with van der Waals surface area (Å²) in [6.45, 7) is 0.265. The summed E-state index contributed by atoms with van der Waals surface area (Å²) in [5, 5.41) is 2.63. The third kappa shape index (κ3) is 3.57. The molecule has 24 heavy (non-hydrogen) atoms. The largest absolute Gasteiger partial charge is 0.326 e. The fourth-order valence-corrected chi connectivity index (χ4v) is 2.29. The lowest BCUT2D eigenvalue weighted by atomic mass is 10.2. The van der Waals surface area contributed by atoms with Gasteiger partial charge in [-0.3, -0.25) is 9.59 Å². The van der Waals surface area contributed by atoms with Crippen LogP contribution in [0.3, 0.4) is 0 Å². The van der Waals surface area contributed by atoms with E-state index >= 15 is 0 Å². The maximum atomic E-state index is 14.1. The first kappa shape index (κ1) is 15.7. The zero-order valence-electron chi connectivity index (χ0n) is 12.7. The number of amides is 1. The summed E-state index contributed by atoms with van der Waals surface area (Å²) in [7, 11) is 0. The highest BCUT2D eigenvalue weighted by Gasteiger charge is 2.08. The average Bonchev–Trinajstić information content (AvgIpc) is 3.08. The Morgan fingerprint density at radius 3 is 2.79 bits per heavy atom. The summed E-state index contributed by atoms with van der Waals surface area (Å²) in [5.74, 6) is -0.759. The van der Waals surface area contributed by atoms with Crippen molar-refractivity contribution in [3.05, 3.63) is 77.5 Å². The molecule has 0 saturated carbocycles. The summed E-state index contributed by atoms with van der Waals surface area (Å²) in [6, 6.07) is 9.23. The van der Waals surface area contributed by atoms with Crippen molar-refractivity contribution in [2.45, 2.75) is 13.0 Å². The van der Waals surface area contributed by atoms with Crippen molar-refractivity contribution in [3.8, 4) is 5.69 Å². The lowest BCUT2D eigenvalue weighted by molar-refractivity contribution is -0.116. The first-order chi connectivity index (χ1) is 11.6. The zero-order valence-corrected chi connectivity index (χ0v) is 12.7. The molecule has 0 bridgehead atoms. The van der Waals surface area contributed by atoms with Gasteiger partial charge in [0, 0.05) is 43.3 Å². The Hall–Kier alpha value is -3.22. The summed E-state index contributed by atoms with van der Waals surface area (Å²) < 4.78 is 17.1. The molecule has 3 aromatic rings. The quantitative estimate of drug-likeness (QED) is 0.781. The summed E-state index contributed by atoms with van der Waals surface area (Å²) in [5.41, 5.74) is 0.546. The third-order valence-electron chi connectivity index (χ3n) is 3.49. The number of hydrogen-bond donors (Lipinski definition) is 1. The maximum Gasteiger partial charge on any atom is 0.250 e. The number of halogens is 1. The molecule has 6 nitrogen and oxygen atoms in total. The number of aromatic nitrogens is 3. The predicted octanol–water partition coefficient (Wildman–Crippen LogP) is 2.20. The number of carbonyl (C=O) groups is 1. The van der Waals surface area contributed by atoms with Crippen LogP contribution in [0.15, 0.2) is 66.1 Å². The van der Waals surface area contributed by atoms with Crippen molar-refractivity contribution in [1.82, 2.24) is 14.1 Å². The van der Waals surface area contributed by atoms with Gasteiger partial charge in [-0.1, -0.05) is 6.07 Å². The standard InChI is InChI=1S/C17H15FN4O2/c18-14-11-13(4-5-15(14)22-10-7-19-12-22)20-16(23)6-9-21-8-2-1-3-17(21)24/h1-5,7-8,10-12H,6,9H2,(H,20,23). The van der Waals surface area contributed by atoms with Gasteiger partial charge in [0.05, 0.1) is 12.0 Å². The minimum Gasteiger partial charge on any atom is -0.326 e. The topological polar surface area (TPSA) is 68.9 Å². The van der Waals surface area contributed by atoms with E-state index in [2.05, 4.69) is 10.3 Å². The minimum atomic E-state index is -0.468. The van der Waals surface area contributed by atoms with Crippen LogP contribution in [0.2, 0.25) is 0 Å². The highest BCUT2D eigenvalue weighted by atomic mass is 19.1. The van der Waals surface area contributed by atoms with E-state index in [1.165, 1.54) is 23.0 Å². The first-order valence-electron chi connectivity index (χ1n) is 7.37. The van der Waals surface area contributed by atoms with E-state index in [9.17, 15) is 14.0 Å². The molecule has 0 aliphatic heterocycles. The van der Waals surface area contributed by atoms with Crippen LogP contribution in [-0.2, 0) is 11.3 Å². The first-order valence-corrected chi connectivity index (χ1v) is 7.37. The van der Waals surface area contributed by atoms with Gasteiger partial charge in [-0.15, -0.1) is 0 Å². The number of nitrogens with zero attached hydrogens (tertiary/aromatic N) is 3. The SMILES string of the molecule is O=C(CCn1ccccc1=O)Nc1ccc(-n2ccnc2)c(F)c1. The van der Waals surface area contributed by atoms with E-state index in [4.69, 9.17) is 0 Å². The average molecular weight is 326 g/mol. The molecular weight excluding hydrogens is 311 g/mol. The Kier molecular flexibility index (Phi) is 4.51. The Labute approximate surface area is 137 Å². The van der Waals surface area contributed by atoms with Crippen molar-refractivity contribution >= 4 is 11.6 Å². The molecule has 0 spiro atoms. The van der Waals surface area contributed by atoms with Crippen LogP contribution in [0.1, 0.15) is 6.42 Å². The number of nitrogens with one attached hydrogen (secondary N) is 1. The second-order valence-corrected chi connectivity index (χ2v) is 5.17.